The molecule has 1 aromatic heterocycles. The average Bonchev–Trinajstić information content (AvgIpc) is 3.11. The molecule has 0 radical (unpaired) electrons. The van der Waals surface area contributed by atoms with Crippen molar-refractivity contribution in [3.05, 3.63) is 29.8 Å². The van der Waals surface area contributed by atoms with Gasteiger partial charge in [-0.15, -0.1) is 22.6 Å². The summed E-state index contributed by atoms with van der Waals surface area (Å²) in [6, 6.07) is 7.80. The van der Waals surface area contributed by atoms with Crippen molar-refractivity contribution in [1.29, 1.82) is 0 Å². The molecule has 3 rings (SSSR count). The number of piperidine rings is 1. The fourth-order valence-corrected chi connectivity index (χ4v) is 4.25. The van der Waals surface area contributed by atoms with Crippen LogP contribution in [0.3, 0.4) is 0 Å². The van der Waals surface area contributed by atoms with E-state index in [1.165, 1.54) is 11.3 Å². The van der Waals surface area contributed by atoms with Gasteiger partial charge < -0.3 is 15.4 Å². The largest absolute Gasteiger partial charge is 0.384 e. The lowest BCUT2D eigenvalue weighted by molar-refractivity contribution is -0.130. The van der Waals surface area contributed by atoms with E-state index < -0.39 is 5.41 Å². The summed E-state index contributed by atoms with van der Waals surface area (Å²) in [6.07, 6.45) is 1.58. The van der Waals surface area contributed by atoms with Crippen molar-refractivity contribution < 1.29 is 9.53 Å². The topological polar surface area (TPSA) is 76.1 Å². The van der Waals surface area contributed by atoms with Gasteiger partial charge in [-0.1, -0.05) is 23.1 Å². The molecule has 0 saturated carbocycles. The molecule has 1 saturated heterocycles. The lowest BCUT2D eigenvalue weighted by atomic mass is 9.78. The molecule has 2 aromatic rings. The fourth-order valence-electron chi connectivity index (χ4n) is 2.80. The number of anilines is 1. The monoisotopic (exact) mass is 400 g/mol. The number of carbonyl (C=O) groups excluding carboxylic acids is 1. The van der Waals surface area contributed by atoms with Crippen LogP contribution in [0, 0.1) is 5.41 Å². The van der Waals surface area contributed by atoms with Crippen LogP contribution in [0.4, 0.5) is 5.69 Å². The van der Waals surface area contributed by atoms with Crippen molar-refractivity contribution in [2.45, 2.75) is 22.1 Å². The summed E-state index contributed by atoms with van der Waals surface area (Å²) in [5, 5.41) is 14.2. The van der Waals surface area contributed by atoms with Crippen LogP contribution in [0.1, 0.15) is 12.8 Å². The number of halogens is 1. The van der Waals surface area contributed by atoms with Crippen molar-refractivity contribution in [3.8, 4) is 0 Å². The zero-order valence-corrected chi connectivity index (χ0v) is 16.3. The lowest BCUT2D eigenvalue weighted by Crippen LogP contribution is -2.47. The van der Waals surface area contributed by atoms with E-state index in [0.717, 1.165) is 40.9 Å². The van der Waals surface area contributed by atoms with Crippen LogP contribution in [0.2, 0.25) is 0 Å². The number of carbonyl (C=O) groups is 1. The Kier molecular flexibility index (Phi) is 7.64. The highest BCUT2D eigenvalue weighted by atomic mass is 35.5. The van der Waals surface area contributed by atoms with E-state index in [1.807, 2.05) is 24.3 Å². The van der Waals surface area contributed by atoms with Crippen LogP contribution in [0.15, 0.2) is 39.0 Å². The molecule has 25 heavy (non-hydrogen) atoms. The number of hydrogen-bond acceptors (Lipinski definition) is 7. The molecular weight excluding hydrogens is 380 g/mol. The average molecular weight is 401 g/mol. The van der Waals surface area contributed by atoms with Gasteiger partial charge in [0.05, 0.1) is 12.0 Å². The Labute approximate surface area is 161 Å². The Balaban J connectivity index is 0.00000225. The summed E-state index contributed by atoms with van der Waals surface area (Å²) in [4.78, 5) is 13.8. The van der Waals surface area contributed by atoms with Crippen molar-refractivity contribution in [2.75, 3.05) is 32.1 Å². The first kappa shape index (κ1) is 20.1. The number of nitrogens with one attached hydrogen (secondary N) is 2. The number of amides is 1. The van der Waals surface area contributed by atoms with Crippen LogP contribution in [0.5, 0.6) is 0 Å². The minimum Gasteiger partial charge on any atom is -0.384 e. The molecule has 0 atom stereocenters. The van der Waals surface area contributed by atoms with E-state index in [1.54, 1.807) is 24.4 Å². The zero-order chi connectivity index (χ0) is 16.8. The predicted molar refractivity (Wildman–Crippen MR) is 103 cm³/mol. The molecular formula is C16H21ClN4O2S2. The third kappa shape index (κ3) is 5.15. The van der Waals surface area contributed by atoms with Crippen molar-refractivity contribution in [2.24, 2.45) is 5.41 Å². The normalized spacial score (nSPS) is 16.0. The van der Waals surface area contributed by atoms with Crippen molar-refractivity contribution in [3.63, 3.8) is 0 Å². The van der Waals surface area contributed by atoms with E-state index in [4.69, 9.17) is 4.74 Å². The molecule has 1 aliphatic rings. The smallest absolute Gasteiger partial charge is 0.233 e. The molecule has 2 N–H and O–H groups in total. The fraction of sp³-hybridized carbons (Fsp3) is 0.438. The summed E-state index contributed by atoms with van der Waals surface area (Å²) in [6.45, 7) is 2.13. The second-order valence-electron chi connectivity index (χ2n) is 5.75. The number of rotatable bonds is 6. The number of nitrogens with zero attached hydrogens (tertiary/aromatic N) is 2. The van der Waals surface area contributed by atoms with E-state index in [0.29, 0.717) is 6.61 Å². The molecule has 1 amide bonds. The third-order valence-electron chi connectivity index (χ3n) is 4.12. The van der Waals surface area contributed by atoms with Crippen molar-refractivity contribution in [1.82, 2.24) is 15.5 Å². The maximum absolute atomic E-state index is 12.8. The third-order valence-corrected chi connectivity index (χ3v) is 5.91. The van der Waals surface area contributed by atoms with Gasteiger partial charge in [0.15, 0.2) is 4.34 Å². The zero-order valence-electron chi connectivity index (χ0n) is 13.9. The molecule has 9 heteroatoms. The second-order valence-corrected chi connectivity index (χ2v) is 7.90. The number of ether oxygens (including phenoxy) is 1. The molecule has 0 aliphatic carbocycles. The van der Waals surface area contributed by atoms with Crippen molar-refractivity contribution >= 4 is 47.1 Å². The molecule has 1 fully saturated rings. The maximum Gasteiger partial charge on any atom is 0.233 e. The van der Waals surface area contributed by atoms with Gasteiger partial charge in [0, 0.05) is 17.7 Å². The van der Waals surface area contributed by atoms with E-state index in [2.05, 4.69) is 20.8 Å². The highest BCUT2D eigenvalue weighted by Gasteiger charge is 2.39. The van der Waals surface area contributed by atoms with Gasteiger partial charge in [-0.25, -0.2) is 0 Å². The van der Waals surface area contributed by atoms with Crippen LogP contribution in [0.25, 0.3) is 0 Å². The molecule has 2 heterocycles. The first-order valence-corrected chi connectivity index (χ1v) is 9.47. The molecule has 1 aliphatic heterocycles. The van der Waals surface area contributed by atoms with Gasteiger partial charge in [-0.3, -0.25) is 4.79 Å². The summed E-state index contributed by atoms with van der Waals surface area (Å²) >= 11 is 3.07. The Morgan fingerprint density at radius 2 is 2.08 bits per heavy atom. The SMILES string of the molecule is COCC1(C(=O)Nc2ccc(Sc3nncs3)cc2)CCNCC1.Cl. The summed E-state index contributed by atoms with van der Waals surface area (Å²) in [5.74, 6) is 0.0374. The summed E-state index contributed by atoms with van der Waals surface area (Å²) < 4.78 is 6.22. The van der Waals surface area contributed by atoms with Gasteiger partial charge in [0.1, 0.15) is 5.51 Å². The molecule has 0 unspecified atom stereocenters. The summed E-state index contributed by atoms with van der Waals surface area (Å²) in [5.41, 5.74) is 2.07. The first-order chi connectivity index (χ1) is 11.7. The van der Waals surface area contributed by atoms with Gasteiger partial charge in [-0.2, -0.15) is 0 Å². The minimum absolute atomic E-state index is 0. The Morgan fingerprint density at radius 3 is 2.68 bits per heavy atom. The highest BCUT2D eigenvalue weighted by Crippen LogP contribution is 2.32. The highest BCUT2D eigenvalue weighted by molar-refractivity contribution is 8.01. The number of benzene rings is 1. The summed E-state index contributed by atoms with van der Waals surface area (Å²) in [7, 11) is 1.65. The first-order valence-electron chi connectivity index (χ1n) is 7.77. The Bertz CT molecular complexity index is 656. The molecule has 0 spiro atoms. The second kappa shape index (κ2) is 9.49. The van der Waals surface area contributed by atoms with E-state index in [9.17, 15) is 4.79 Å². The van der Waals surface area contributed by atoms with Gasteiger partial charge in [-0.05, 0) is 50.2 Å². The number of methoxy groups -OCH3 is 1. The van der Waals surface area contributed by atoms with Gasteiger partial charge in [0.25, 0.3) is 0 Å². The maximum atomic E-state index is 12.8. The Hall–Kier alpha value is -1.19. The van der Waals surface area contributed by atoms with Crippen LogP contribution in [-0.2, 0) is 9.53 Å². The van der Waals surface area contributed by atoms with Crippen LogP contribution in [-0.4, -0.2) is 42.9 Å². The minimum atomic E-state index is -0.444. The van der Waals surface area contributed by atoms with E-state index >= 15 is 0 Å². The molecule has 6 nitrogen and oxygen atoms in total. The quantitative estimate of drug-likeness (QED) is 0.776. The Morgan fingerprint density at radius 1 is 1.36 bits per heavy atom. The van der Waals surface area contributed by atoms with Gasteiger partial charge >= 0.3 is 0 Å². The predicted octanol–water partition coefficient (Wildman–Crippen LogP) is 3.07. The van der Waals surface area contributed by atoms with Crippen LogP contribution >= 0.6 is 35.5 Å². The van der Waals surface area contributed by atoms with Gasteiger partial charge in [0.2, 0.25) is 5.91 Å². The molecule has 136 valence electrons. The molecule has 1 aromatic carbocycles. The number of aromatic nitrogens is 2. The molecule has 0 bridgehead atoms. The van der Waals surface area contributed by atoms with Crippen LogP contribution < -0.4 is 10.6 Å². The standard InChI is InChI=1S/C16H20N4O2S2.ClH/c1-22-10-16(6-8-17-9-7-16)14(21)19-12-2-4-13(5-3-12)24-15-20-18-11-23-15;/h2-5,11,17H,6-10H2,1H3,(H,19,21);1H. The van der Waals surface area contributed by atoms with E-state index in [-0.39, 0.29) is 18.3 Å². The lowest BCUT2D eigenvalue weighted by Gasteiger charge is -2.35. The number of hydrogen-bond donors (Lipinski definition) is 2.